The van der Waals surface area contributed by atoms with Gasteiger partial charge in [-0.1, -0.05) is 0 Å². The monoisotopic (exact) mass is 485 g/mol. The Kier molecular flexibility index (Phi) is 5.77. The molecule has 2 aromatic heterocycles. The number of piperazine rings is 1. The highest BCUT2D eigenvalue weighted by Gasteiger charge is 2.36. The Morgan fingerprint density at radius 2 is 1.86 bits per heavy atom. The zero-order valence-electron chi connectivity index (χ0n) is 19.8. The van der Waals surface area contributed by atoms with E-state index in [9.17, 15) is 9.18 Å². The first-order valence-electron chi connectivity index (χ1n) is 12.3. The zero-order valence-corrected chi connectivity index (χ0v) is 19.8. The van der Waals surface area contributed by atoms with Crippen LogP contribution in [0.2, 0.25) is 0 Å². The third-order valence-electron chi connectivity index (χ3n) is 7.07. The number of hydrogen-bond acceptors (Lipinski definition) is 6. The lowest BCUT2D eigenvalue weighted by Gasteiger charge is -2.37. The summed E-state index contributed by atoms with van der Waals surface area (Å²) in [4.78, 5) is 28.9. The van der Waals surface area contributed by atoms with Crippen LogP contribution in [-0.2, 0) is 4.79 Å². The number of benzene rings is 2. The number of carbonyl (C=O) groups excluding carboxylic acids is 1. The molecule has 4 N–H and O–H groups in total. The average molecular weight is 486 g/mol. The topological polar surface area (TPSA) is 103 Å². The highest BCUT2D eigenvalue weighted by atomic mass is 19.1. The summed E-state index contributed by atoms with van der Waals surface area (Å²) in [6, 6.07) is 14.2. The number of nitrogens with zero attached hydrogens (tertiary/aromatic N) is 4. The van der Waals surface area contributed by atoms with E-state index >= 15 is 0 Å². The minimum atomic E-state index is -0.334. The van der Waals surface area contributed by atoms with Crippen molar-refractivity contribution < 1.29 is 9.18 Å². The van der Waals surface area contributed by atoms with E-state index in [4.69, 9.17) is 5.73 Å². The fourth-order valence-electron chi connectivity index (χ4n) is 4.81. The number of H-pyrrole nitrogens is 1. The van der Waals surface area contributed by atoms with Gasteiger partial charge in [-0.3, -0.25) is 4.79 Å². The lowest BCUT2D eigenvalue weighted by Crippen LogP contribution is -2.53. The average Bonchev–Trinajstić information content (AvgIpc) is 3.68. The Morgan fingerprint density at radius 3 is 2.61 bits per heavy atom. The third-order valence-corrected chi connectivity index (χ3v) is 7.07. The number of carbonyl (C=O) groups is 1. The molecule has 0 unspecified atom stereocenters. The van der Waals surface area contributed by atoms with E-state index in [1.54, 1.807) is 12.3 Å². The quantitative estimate of drug-likeness (QED) is 0.383. The molecule has 36 heavy (non-hydrogen) atoms. The molecule has 1 aliphatic heterocycles. The molecule has 0 radical (unpaired) electrons. The number of nitrogens with two attached hydrogens (primary N) is 1. The van der Waals surface area contributed by atoms with Crippen molar-refractivity contribution in [3.63, 3.8) is 0 Å². The van der Waals surface area contributed by atoms with Crippen molar-refractivity contribution in [3.05, 3.63) is 66.7 Å². The van der Waals surface area contributed by atoms with Gasteiger partial charge in [0.15, 0.2) is 0 Å². The van der Waals surface area contributed by atoms with E-state index in [0.29, 0.717) is 30.6 Å². The van der Waals surface area contributed by atoms with Crippen LogP contribution < -0.4 is 16.0 Å². The van der Waals surface area contributed by atoms with Crippen LogP contribution in [0.1, 0.15) is 12.8 Å². The molecule has 4 aromatic rings. The molecular weight excluding hydrogens is 457 g/mol. The molecule has 0 spiro atoms. The first-order chi connectivity index (χ1) is 17.5. The van der Waals surface area contributed by atoms with E-state index in [1.807, 2.05) is 29.3 Å². The van der Waals surface area contributed by atoms with Crippen LogP contribution >= 0.6 is 0 Å². The minimum absolute atomic E-state index is 0.0942. The molecule has 6 rings (SSSR count). The van der Waals surface area contributed by atoms with Gasteiger partial charge in [-0.15, -0.1) is 0 Å². The minimum Gasteiger partial charge on any atom is -0.368 e. The van der Waals surface area contributed by atoms with E-state index < -0.39 is 0 Å². The molecule has 184 valence electrons. The summed E-state index contributed by atoms with van der Waals surface area (Å²) < 4.78 is 13.8. The Balaban J connectivity index is 1.10. The van der Waals surface area contributed by atoms with Crippen LogP contribution in [0.25, 0.3) is 22.2 Å². The smallest absolute Gasteiger partial charge is 0.239 e. The molecule has 2 aromatic carbocycles. The standard InChI is InChI=1S/C27H28FN7O/c28-18-3-8-23-21(15-18)22(16-31-23)24-9-10-30-27(33-24)32-19-4-6-20(7-5-19)34-11-13-35(14-12-34)26(36)25(29)17-1-2-17/h3-10,15-17,25,31H,1-2,11-14,29H2,(H,30,32,33)/t25-/m1/s1. The van der Waals surface area contributed by atoms with Crippen molar-refractivity contribution in [2.45, 2.75) is 18.9 Å². The molecule has 9 heteroatoms. The van der Waals surface area contributed by atoms with Gasteiger partial charge in [-0.2, -0.15) is 0 Å². The molecule has 2 fully saturated rings. The van der Waals surface area contributed by atoms with Crippen LogP contribution in [0.4, 0.5) is 21.7 Å². The fraction of sp³-hybridized carbons (Fsp3) is 0.296. The van der Waals surface area contributed by atoms with Gasteiger partial charge < -0.3 is 25.8 Å². The zero-order chi connectivity index (χ0) is 24.6. The fourth-order valence-corrected chi connectivity index (χ4v) is 4.81. The Hall–Kier alpha value is -3.98. The second-order valence-electron chi connectivity index (χ2n) is 9.51. The number of fused-ring (bicyclic) bond motifs is 1. The number of amides is 1. The summed E-state index contributed by atoms with van der Waals surface area (Å²) >= 11 is 0. The predicted molar refractivity (Wildman–Crippen MR) is 138 cm³/mol. The second-order valence-corrected chi connectivity index (χ2v) is 9.51. The predicted octanol–water partition coefficient (Wildman–Crippen LogP) is 3.89. The first-order valence-corrected chi connectivity index (χ1v) is 12.3. The van der Waals surface area contributed by atoms with Crippen LogP contribution in [0.5, 0.6) is 0 Å². The first kappa shape index (κ1) is 22.5. The van der Waals surface area contributed by atoms with E-state index in [0.717, 1.165) is 53.8 Å². The molecule has 3 heterocycles. The maximum absolute atomic E-state index is 13.8. The van der Waals surface area contributed by atoms with Crippen molar-refractivity contribution in [1.29, 1.82) is 0 Å². The number of aromatic nitrogens is 3. The van der Waals surface area contributed by atoms with Gasteiger partial charge in [-0.25, -0.2) is 14.4 Å². The maximum atomic E-state index is 13.8. The normalized spacial score (nSPS) is 16.8. The highest BCUT2D eigenvalue weighted by Crippen LogP contribution is 2.33. The summed E-state index contributed by atoms with van der Waals surface area (Å²) in [5.41, 5.74) is 10.5. The Morgan fingerprint density at radius 1 is 1.08 bits per heavy atom. The number of rotatable bonds is 6. The van der Waals surface area contributed by atoms with E-state index in [-0.39, 0.29) is 17.8 Å². The summed E-state index contributed by atoms with van der Waals surface area (Å²) in [5.74, 6) is 0.651. The molecule has 1 atom stereocenters. The molecule has 1 aliphatic carbocycles. The number of aromatic amines is 1. The Bertz CT molecular complexity index is 1390. The highest BCUT2D eigenvalue weighted by molar-refractivity contribution is 5.94. The molecule has 0 bridgehead atoms. The van der Waals surface area contributed by atoms with Crippen molar-refractivity contribution in [3.8, 4) is 11.3 Å². The number of nitrogens with one attached hydrogen (secondary N) is 2. The van der Waals surface area contributed by atoms with Gasteiger partial charge in [0, 0.05) is 66.4 Å². The van der Waals surface area contributed by atoms with E-state index in [1.165, 1.54) is 12.1 Å². The maximum Gasteiger partial charge on any atom is 0.239 e. The van der Waals surface area contributed by atoms with Crippen molar-refractivity contribution in [2.75, 3.05) is 36.4 Å². The summed E-state index contributed by atoms with van der Waals surface area (Å²) in [7, 11) is 0. The van der Waals surface area contributed by atoms with Crippen LogP contribution in [0, 0.1) is 11.7 Å². The second kappa shape index (κ2) is 9.23. The van der Waals surface area contributed by atoms with Crippen LogP contribution in [0.3, 0.4) is 0 Å². The molecule has 2 aliphatic rings. The van der Waals surface area contributed by atoms with Crippen molar-refractivity contribution in [1.82, 2.24) is 19.9 Å². The van der Waals surface area contributed by atoms with Crippen molar-refractivity contribution in [2.24, 2.45) is 11.7 Å². The Labute approximate surface area is 208 Å². The SMILES string of the molecule is N[C@@H](C(=O)N1CCN(c2ccc(Nc3nccc(-c4c[nH]c5ccc(F)cc45)n3)cc2)CC1)C1CC1. The largest absolute Gasteiger partial charge is 0.368 e. The number of hydrogen-bond donors (Lipinski definition) is 3. The molecule has 1 amide bonds. The van der Waals surface area contributed by atoms with Crippen molar-refractivity contribution >= 4 is 34.1 Å². The van der Waals surface area contributed by atoms with Gasteiger partial charge in [-0.05, 0) is 67.3 Å². The lowest BCUT2D eigenvalue weighted by molar-refractivity contribution is -0.133. The number of halogens is 1. The molecule has 8 nitrogen and oxygen atoms in total. The molecule has 1 saturated carbocycles. The van der Waals surface area contributed by atoms with Gasteiger partial charge in [0.1, 0.15) is 5.82 Å². The van der Waals surface area contributed by atoms with E-state index in [2.05, 4.69) is 37.3 Å². The molecular formula is C27H28FN7O. The summed E-state index contributed by atoms with van der Waals surface area (Å²) in [5, 5.41) is 4.03. The van der Waals surface area contributed by atoms with Gasteiger partial charge in [0.2, 0.25) is 11.9 Å². The number of anilines is 3. The van der Waals surface area contributed by atoms with Gasteiger partial charge in [0.25, 0.3) is 0 Å². The third kappa shape index (κ3) is 4.49. The summed E-state index contributed by atoms with van der Waals surface area (Å²) in [6.07, 6.45) is 5.67. The van der Waals surface area contributed by atoms with Crippen LogP contribution in [0.15, 0.2) is 60.9 Å². The summed E-state index contributed by atoms with van der Waals surface area (Å²) in [6.45, 7) is 2.95. The lowest BCUT2D eigenvalue weighted by atomic mass is 10.1. The van der Waals surface area contributed by atoms with Gasteiger partial charge >= 0.3 is 0 Å². The molecule has 1 saturated heterocycles. The van der Waals surface area contributed by atoms with Crippen LogP contribution in [-0.4, -0.2) is 58.0 Å². The van der Waals surface area contributed by atoms with Gasteiger partial charge in [0.05, 0.1) is 11.7 Å².